The summed E-state index contributed by atoms with van der Waals surface area (Å²) < 4.78 is 0. The van der Waals surface area contributed by atoms with Gasteiger partial charge in [0.15, 0.2) is 0 Å². The molecule has 2 heterocycles. The number of thioether (sulfide) groups is 1. The van der Waals surface area contributed by atoms with Gasteiger partial charge in [0, 0.05) is 23.0 Å². The van der Waals surface area contributed by atoms with Crippen LogP contribution in [-0.4, -0.2) is 21.0 Å². The highest BCUT2D eigenvalue weighted by molar-refractivity contribution is 7.98. The minimum Gasteiger partial charge on any atom is -0.477 e. The minimum absolute atomic E-state index is 0.0502. The van der Waals surface area contributed by atoms with Gasteiger partial charge in [0.05, 0.1) is 0 Å². The van der Waals surface area contributed by atoms with Gasteiger partial charge in [0.25, 0.3) is 0 Å². The van der Waals surface area contributed by atoms with Crippen molar-refractivity contribution < 1.29 is 9.90 Å². The average molecular weight is 281 g/mol. The third-order valence-electron chi connectivity index (χ3n) is 2.14. The summed E-state index contributed by atoms with van der Waals surface area (Å²) >= 11 is 7.22. The Hall–Kier alpha value is -1.59. The van der Waals surface area contributed by atoms with E-state index in [1.807, 2.05) is 6.07 Å². The topological polar surface area (TPSA) is 63.1 Å². The third kappa shape index (κ3) is 3.45. The number of nitrogens with zero attached hydrogens (tertiary/aromatic N) is 2. The molecule has 0 aromatic carbocycles. The first-order valence-electron chi connectivity index (χ1n) is 5.08. The number of rotatable bonds is 4. The van der Waals surface area contributed by atoms with Gasteiger partial charge in [-0.05, 0) is 23.8 Å². The predicted octanol–water partition coefficient (Wildman–Crippen LogP) is 3.12. The Morgan fingerprint density at radius 2 is 2.17 bits per heavy atom. The molecule has 2 rings (SSSR count). The van der Waals surface area contributed by atoms with Crippen molar-refractivity contribution in [2.24, 2.45) is 0 Å². The van der Waals surface area contributed by atoms with E-state index in [1.54, 1.807) is 24.4 Å². The molecule has 0 aliphatic carbocycles. The summed E-state index contributed by atoms with van der Waals surface area (Å²) in [7, 11) is 0. The van der Waals surface area contributed by atoms with Gasteiger partial charge in [-0.15, -0.1) is 11.8 Å². The van der Waals surface area contributed by atoms with E-state index in [0.29, 0.717) is 10.9 Å². The summed E-state index contributed by atoms with van der Waals surface area (Å²) in [5.74, 6) is -0.321. The van der Waals surface area contributed by atoms with Gasteiger partial charge in [0.1, 0.15) is 10.8 Å². The van der Waals surface area contributed by atoms with Crippen molar-refractivity contribution in [1.82, 2.24) is 9.97 Å². The second-order valence-corrected chi connectivity index (χ2v) is 4.90. The fourth-order valence-corrected chi connectivity index (χ4v) is 2.24. The highest BCUT2D eigenvalue weighted by Gasteiger charge is 2.05. The lowest BCUT2D eigenvalue weighted by molar-refractivity contribution is 0.0690. The van der Waals surface area contributed by atoms with Crippen LogP contribution in [-0.2, 0) is 5.75 Å². The SMILES string of the molecule is O=C(O)c1cc(SCc2ccc(Cl)nc2)ccn1. The first kappa shape index (κ1) is 12.9. The molecule has 0 fully saturated rings. The Labute approximate surface area is 113 Å². The zero-order valence-electron chi connectivity index (χ0n) is 9.21. The number of aromatic carboxylic acids is 1. The molecule has 0 bridgehead atoms. The van der Waals surface area contributed by atoms with E-state index >= 15 is 0 Å². The van der Waals surface area contributed by atoms with E-state index in [9.17, 15) is 4.79 Å². The van der Waals surface area contributed by atoms with Gasteiger partial charge in [-0.2, -0.15) is 0 Å². The average Bonchev–Trinajstić information content (AvgIpc) is 2.38. The van der Waals surface area contributed by atoms with E-state index in [2.05, 4.69) is 9.97 Å². The van der Waals surface area contributed by atoms with Crippen LogP contribution >= 0.6 is 23.4 Å². The molecule has 6 heteroatoms. The Balaban J connectivity index is 2.04. The van der Waals surface area contributed by atoms with Crippen LogP contribution in [0.3, 0.4) is 0 Å². The Bertz CT molecular complexity index is 560. The molecule has 2 aromatic rings. The van der Waals surface area contributed by atoms with Crippen molar-refractivity contribution in [1.29, 1.82) is 0 Å². The van der Waals surface area contributed by atoms with Crippen molar-refractivity contribution in [3.05, 3.63) is 53.1 Å². The monoisotopic (exact) mass is 280 g/mol. The number of hydrogen-bond donors (Lipinski definition) is 1. The van der Waals surface area contributed by atoms with E-state index in [4.69, 9.17) is 16.7 Å². The lowest BCUT2D eigenvalue weighted by Gasteiger charge is -2.02. The van der Waals surface area contributed by atoms with Gasteiger partial charge in [-0.3, -0.25) is 0 Å². The third-order valence-corrected chi connectivity index (χ3v) is 3.43. The van der Waals surface area contributed by atoms with Crippen LogP contribution in [0.5, 0.6) is 0 Å². The van der Waals surface area contributed by atoms with Crippen LogP contribution in [0.2, 0.25) is 5.15 Å². The number of carboxylic acids is 1. The summed E-state index contributed by atoms with van der Waals surface area (Å²) in [6.45, 7) is 0. The molecule has 0 spiro atoms. The quantitative estimate of drug-likeness (QED) is 0.689. The first-order chi connectivity index (χ1) is 8.65. The standard InChI is InChI=1S/C12H9ClN2O2S/c13-11-2-1-8(6-15-11)7-18-9-3-4-14-10(5-9)12(16)17/h1-6H,7H2,(H,16,17). The molecule has 0 atom stereocenters. The fraction of sp³-hybridized carbons (Fsp3) is 0.0833. The zero-order chi connectivity index (χ0) is 13.0. The molecule has 18 heavy (non-hydrogen) atoms. The smallest absolute Gasteiger partial charge is 0.354 e. The Kier molecular flexibility index (Phi) is 4.17. The van der Waals surface area contributed by atoms with Crippen molar-refractivity contribution in [2.75, 3.05) is 0 Å². The second-order valence-electron chi connectivity index (χ2n) is 3.46. The molecule has 0 aliphatic rings. The van der Waals surface area contributed by atoms with Crippen molar-refractivity contribution in [3.63, 3.8) is 0 Å². The van der Waals surface area contributed by atoms with E-state index in [0.717, 1.165) is 10.5 Å². The second kappa shape index (κ2) is 5.84. The van der Waals surface area contributed by atoms with Gasteiger partial charge < -0.3 is 5.11 Å². The molecule has 0 amide bonds. The van der Waals surface area contributed by atoms with Crippen molar-refractivity contribution >= 4 is 29.3 Å². The molecule has 4 nitrogen and oxygen atoms in total. The molecule has 1 N–H and O–H groups in total. The van der Waals surface area contributed by atoms with E-state index < -0.39 is 5.97 Å². The van der Waals surface area contributed by atoms with Gasteiger partial charge in [-0.1, -0.05) is 17.7 Å². The molecular weight excluding hydrogens is 272 g/mol. The van der Waals surface area contributed by atoms with Crippen LogP contribution in [0.4, 0.5) is 0 Å². The maximum atomic E-state index is 10.8. The molecule has 0 saturated heterocycles. The largest absolute Gasteiger partial charge is 0.477 e. The molecule has 0 saturated carbocycles. The molecule has 2 aromatic heterocycles. The minimum atomic E-state index is -1.02. The molecule has 0 aliphatic heterocycles. The fourth-order valence-electron chi connectivity index (χ4n) is 1.28. The summed E-state index contributed by atoms with van der Waals surface area (Å²) in [5.41, 5.74) is 1.08. The van der Waals surface area contributed by atoms with Crippen LogP contribution in [0.1, 0.15) is 16.1 Å². The molecule has 0 radical (unpaired) electrons. The lowest BCUT2D eigenvalue weighted by atomic mass is 10.3. The highest BCUT2D eigenvalue weighted by Crippen LogP contribution is 2.22. The maximum absolute atomic E-state index is 10.8. The van der Waals surface area contributed by atoms with Gasteiger partial charge in [0.2, 0.25) is 0 Å². The number of hydrogen-bond acceptors (Lipinski definition) is 4. The normalized spacial score (nSPS) is 10.3. The predicted molar refractivity (Wildman–Crippen MR) is 70.0 cm³/mol. The Morgan fingerprint density at radius 1 is 1.33 bits per heavy atom. The summed E-state index contributed by atoms with van der Waals surface area (Å²) in [5, 5.41) is 9.29. The summed E-state index contributed by atoms with van der Waals surface area (Å²) in [4.78, 5) is 19.4. The molecular formula is C12H9ClN2O2S. The number of carbonyl (C=O) groups is 1. The highest BCUT2D eigenvalue weighted by atomic mass is 35.5. The number of carboxylic acid groups (broad SMARTS) is 1. The van der Waals surface area contributed by atoms with Crippen LogP contribution in [0, 0.1) is 0 Å². The van der Waals surface area contributed by atoms with Gasteiger partial charge >= 0.3 is 5.97 Å². The number of halogens is 1. The Morgan fingerprint density at radius 3 is 2.83 bits per heavy atom. The van der Waals surface area contributed by atoms with Crippen LogP contribution < -0.4 is 0 Å². The van der Waals surface area contributed by atoms with E-state index in [1.165, 1.54) is 18.0 Å². The number of aromatic nitrogens is 2. The summed E-state index contributed by atoms with van der Waals surface area (Å²) in [6.07, 6.45) is 3.19. The van der Waals surface area contributed by atoms with E-state index in [-0.39, 0.29) is 5.69 Å². The maximum Gasteiger partial charge on any atom is 0.354 e. The van der Waals surface area contributed by atoms with Crippen molar-refractivity contribution in [2.45, 2.75) is 10.6 Å². The first-order valence-corrected chi connectivity index (χ1v) is 6.44. The molecule has 0 unspecified atom stereocenters. The molecule has 92 valence electrons. The van der Waals surface area contributed by atoms with Crippen LogP contribution in [0.25, 0.3) is 0 Å². The summed E-state index contributed by atoms with van der Waals surface area (Å²) in [6, 6.07) is 6.95. The zero-order valence-corrected chi connectivity index (χ0v) is 10.8. The number of pyridine rings is 2. The van der Waals surface area contributed by atoms with Crippen molar-refractivity contribution in [3.8, 4) is 0 Å². The van der Waals surface area contributed by atoms with Crippen LogP contribution in [0.15, 0.2) is 41.6 Å². The lowest BCUT2D eigenvalue weighted by Crippen LogP contribution is -1.99. The van der Waals surface area contributed by atoms with Gasteiger partial charge in [-0.25, -0.2) is 14.8 Å².